The van der Waals surface area contributed by atoms with E-state index in [1.807, 2.05) is 6.07 Å². The Labute approximate surface area is 133 Å². The third-order valence-corrected chi connectivity index (χ3v) is 3.53. The molecule has 0 fully saturated rings. The Bertz CT molecular complexity index is 844. The average molecular weight is 306 g/mol. The minimum atomic E-state index is -0.118. The number of aldehydes is 1. The summed E-state index contributed by atoms with van der Waals surface area (Å²) in [6, 6.07) is 17.3. The van der Waals surface area contributed by atoms with Crippen LogP contribution in [0.3, 0.4) is 0 Å². The minimum absolute atomic E-state index is 0.118. The highest BCUT2D eigenvalue weighted by molar-refractivity contribution is 6.12. The summed E-state index contributed by atoms with van der Waals surface area (Å²) in [4.78, 5) is 23.5. The molecule has 0 spiro atoms. The molecule has 3 aromatic rings. The first-order valence-corrected chi connectivity index (χ1v) is 7.06. The summed E-state index contributed by atoms with van der Waals surface area (Å²) in [5, 5.41) is 0. The maximum Gasteiger partial charge on any atom is 0.193 e. The van der Waals surface area contributed by atoms with Gasteiger partial charge in [-0.25, -0.2) is 0 Å². The zero-order valence-corrected chi connectivity index (χ0v) is 12.5. The van der Waals surface area contributed by atoms with Gasteiger partial charge < -0.3 is 9.15 Å². The molecule has 0 atom stereocenters. The van der Waals surface area contributed by atoms with Crippen molar-refractivity contribution in [2.45, 2.75) is 0 Å². The average Bonchev–Trinajstić information content (AvgIpc) is 3.10. The summed E-state index contributed by atoms with van der Waals surface area (Å²) in [6.07, 6.45) is 0.636. The van der Waals surface area contributed by atoms with Crippen molar-refractivity contribution >= 4 is 12.1 Å². The van der Waals surface area contributed by atoms with Crippen molar-refractivity contribution in [3.8, 4) is 17.1 Å². The standard InChI is InChI=1S/C19H14O4/c1-22-14-8-6-13(7-9-14)19(21)17-5-3-2-4-16(17)18-11-10-15(12-20)23-18/h2-12H,1H3. The fourth-order valence-electron chi connectivity index (χ4n) is 2.35. The van der Waals surface area contributed by atoms with E-state index in [0.29, 0.717) is 34.5 Å². The van der Waals surface area contributed by atoms with Gasteiger partial charge in [-0.05, 0) is 36.4 Å². The number of rotatable bonds is 5. The van der Waals surface area contributed by atoms with Gasteiger partial charge in [-0.3, -0.25) is 9.59 Å². The molecule has 0 aliphatic heterocycles. The van der Waals surface area contributed by atoms with Gasteiger partial charge in [-0.15, -0.1) is 0 Å². The molecule has 0 saturated heterocycles. The number of methoxy groups -OCH3 is 1. The van der Waals surface area contributed by atoms with Crippen LogP contribution in [0.25, 0.3) is 11.3 Å². The number of ketones is 1. The summed E-state index contributed by atoms with van der Waals surface area (Å²) < 4.78 is 10.5. The van der Waals surface area contributed by atoms with Crippen LogP contribution in [0.5, 0.6) is 5.75 Å². The number of carbonyl (C=O) groups is 2. The van der Waals surface area contributed by atoms with Gasteiger partial charge in [0.05, 0.1) is 7.11 Å². The number of furan rings is 1. The lowest BCUT2D eigenvalue weighted by Crippen LogP contribution is -2.03. The highest BCUT2D eigenvalue weighted by Gasteiger charge is 2.16. The van der Waals surface area contributed by atoms with E-state index in [2.05, 4.69) is 0 Å². The lowest BCUT2D eigenvalue weighted by molar-refractivity contribution is 0.103. The van der Waals surface area contributed by atoms with Crippen LogP contribution < -0.4 is 4.74 Å². The third kappa shape index (κ3) is 2.92. The molecule has 23 heavy (non-hydrogen) atoms. The first-order valence-electron chi connectivity index (χ1n) is 7.06. The van der Waals surface area contributed by atoms with Crippen molar-refractivity contribution < 1.29 is 18.7 Å². The monoisotopic (exact) mass is 306 g/mol. The first-order chi connectivity index (χ1) is 11.2. The molecule has 0 aliphatic carbocycles. The van der Waals surface area contributed by atoms with E-state index >= 15 is 0 Å². The van der Waals surface area contributed by atoms with Crippen molar-refractivity contribution in [2.75, 3.05) is 7.11 Å². The molecule has 0 aliphatic rings. The largest absolute Gasteiger partial charge is 0.497 e. The van der Waals surface area contributed by atoms with Crippen LogP contribution >= 0.6 is 0 Å². The van der Waals surface area contributed by atoms with Gasteiger partial charge in [-0.2, -0.15) is 0 Å². The van der Waals surface area contributed by atoms with Gasteiger partial charge in [0.1, 0.15) is 11.5 Å². The van der Waals surface area contributed by atoms with E-state index < -0.39 is 0 Å². The van der Waals surface area contributed by atoms with E-state index in [1.54, 1.807) is 61.7 Å². The van der Waals surface area contributed by atoms with Crippen LogP contribution in [-0.2, 0) is 0 Å². The fraction of sp³-hybridized carbons (Fsp3) is 0.0526. The zero-order valence-electron chi connectivity index (χ0n) is 12.5. The lowest BCUT2D eigenvalue weighted by atomic mass is 9.97. The molecule has 0 unspecified atom stereocenters. The Morgan fingerprint density at radius 2 is 1.74 bits per heavy atom. The highest BCUT2D eigenvalue weighted by Crippen LogP contribution is 2.27. The summed E-state index contributed by atoms with van der Waals surface area (Å²) in [6.45, 7) is 0. The van der Waals surface area contributed by atoms with Crippen molar-refractivity contribution in [3.05, 3.63) is 77.6 Å². The molecular formula is C19H14O4. The summed E-state index contributed by atoms with van der Waals surface area (Å²) >= 11 is 0. The maximum atomic E-state index is 12.8. The van der Waals surface area contributed by atoms with Gasteiger partial charge in [-0.1, -0.05) is 24.3 Å². The highest BCUT2D eigenvalue weighted by atomic mass is 16.5. The quantitative estimate of drug-likeness (QED) is 0.528. The van der Waals surface area contributed by atoms with E-state index in [-0.39, 0.29) is 11.5 Å². The van der Waals surface area contributed by atoms with Gasteiger partial charge in [0, 0.05) is 16.7 Å². The van der Waals surface area contributed by atoms with E-state index in [4.69, 9.17) is 9.15 Å². The predicted molar refractivity (Wildman–Crippen MR) is 86.0 cm³/mol. The number of hydrogen-bond donors (Lipinski definition) is 0. The topological polar surface area (TPSA) is 56.5 Å². The van der Waals surface area contributed by atoms with E-state index in [1.165, 1.54) is 0 Å². The molecule has 4 nitrogen and oxygen atoms in total. The second kappa shape index (κ2) is 6.32. The van der Waals surface area contributed by atoms with E-state index in [0.717, 1.165) is 0 Å². The van der Waals surface area contributed by atoms with E-state index in [9.17, 15) is 9.59 Å². The van der Waals surface area contributed by atoms with Crippen molar-refractivity contribution in [2.24, 2.45) is 0 Å². The molecule has 2 aromatic carbocycles. The molecule has 0 N–H and O–H groups in total. The van der Waals surface area contributed by atoms with Crippen LogP contribution in [-0.4, -0.2) is 19.2 Å². The van der Waals surface area contributed by atoms with Gasteiger partial charge in [0.2, 0.25) is 0 Å². The van der Waals surface area contributed by atoms with Gasteiger partial charge in [0.15, 0.2) is 17.8 Å². The summed E-state index contributed by atoms with van der Waals surface area (Å²) in [7, 11) is 1.58. The molecule has 3 rings (SSSR count). The second-order valence-corrected chi connectivity index (χ2v) is 4.92. The first kappa shape index (κ1) is 14.8. The normalized spacial score (nSPS) is 10.3. The Morgan fingerprint density at radius 3 is 2.39 bits per heavy atom. The van der Waals surface area contributed by atoms with Crippen molar-refractivity contribution in [1.82, 2.24) is 0 Å². The Morgan fingerprint density at radius 1 is 1.00 bits per heavy atom. The second-order valence-electron chi connectivity index (χ2n) is 4.92. The zero-order chi connectivity index (χ0) is 16.2. The van der Waals surface area contributed by atoms with Crippen LogP contribution in [0.4, 0.5) is 0 Å². The smallest absolute Gasteiger partial charge is 0.193 e. The van der Waals surface area contributed by atoms with Crippen LogP contribution in [0.1, 0.15) is 26.5 Å². The molecule has 4 heteroatoms. The Hall–Kier alpha value is -3.14. The van der Waals surface area contributed by atoms with Gasteiger partial charge >= 0.3 is 0 Å². The summed E-state index contributed by atoms with van der Waals surface area (Å²) in [5.41, 5.74) is 1.73. The molecule has 0 saturated carbocycles. The third-order valence-electron chi connectivity index (χ3n) is 3.53. The van der Waals surface area contributed by atoms with Crippen LogP contribution in [0, 0.1) is 0 Å². The molecule has 1 aromatic heterocycles. The molecule has 0 bridgehead atoms. The molecule has 0 amide bonds. The molecule has 114 valence electrons. The van der Waals surface area contributed by atoms with Crippen LogP contribution in [0.15, 0.2) is 65.1 Å². The molecule has 0 radical (unpaired) electrons. The number of ether oxygens (including phenoxy) is 1. The molecular weight excluding hydrogens is 292 g/mol. The fourth-order valence-corrected chi connectivity index (χ4v) is 2.35. The van der Waals surface area contributed by atoms with Gasteiger partial charge in [0.25, 0.3) is 0 Å². The number of hydrogen-bond acceptors (Lipinski definition) is 4. The molecule has 1 heterocycles. The lowest BCUT2D eigenvalue weighted by Gasteiger charge is -2.07. The number of carbonyl (C=O) groups excluding carboxylic acids is 2. The van der Waals surface area contributed by atoms with Crippen molar-refractivity contribution in [3.63, 3.8) is 0 Å². The summed E-state index contributed by atoms with van der Waals surface area (Å²) in [5.74, 6) is 1.29. The minimum Gasteiger partial charge on any atom is -0.497 e. The Balaban J connectivity index is 2.02. The SMILES string of the molecule is COc1ccc(C(=O)c2ccccc2-c2ccc(C=O)o2)cc1. The number of benzene rings is 2. The van der Waals surface area contributed by atoms with Crippen molar-refractivity contribution in [1.29, 1.82) is 0 Å². The maximum absolute atomic E-state index is 12.8. The van der Waals surface area contributed by atoms with Crippen LogP contribution in [0.2, 0.25) is 0 Å². The predicted octanol–water partition coefficient (Wildman–Crippen LogP) is 4.00. The Kier molecular flexibility index (Phi) is 4.06.